The van der Waals surface area contributed by atoms with E-state index in [9.17, 15) is 19.2 Å². The summed E-state index contributed by atoms with van der Waals surface area (Å²) in [6.45, 7) is 1.90. The third kappa shape index (κ3) is 4.65. The van der Waals surface area contributed by atoms with Crippen molar-refractivity contribution >= 4 is 28.3 Å². The lowest BCUT2D eigenvalue weighted by molar-refractivity contribution is -0.133. The zero-order chi connectivity index (χ0) is 21.7. The van der Waals surface area contributed by atoms with E-state index in [0.717, 1.165) is 22.4 Å². The lowest BCUT2D eigenvalue weighted by atomic mass is 10.1. The van der Waals surface area contributed by atoms with E-state index in [1.807, 2.05) is 31.2 Å². The lowest BCUT2D eigenvalue weighted by Crippen LogP contribution is -2.37. The summed E-state index contributed by atoms with van der Waals surface area (Å²) in [4.78, 5) is 50.7. The second kappa shape index (κ2) is 9.21. The van der Waals surface area contributed by atoms with Crippen LogP contribution in [0.15, 0.2) is 58.1 Å². The molecule has 0 atom stereocenters. The molecule has 0 fully saturated rings. The summed E-state index contributed by atoms with van der Waals surface area (Å²) >= 11 is 0. The summed E-state index contributed by atoms with van der Waals surface area (Å²) in [5.74, 6) is -0.613. The maximum atomic E-state index is 12.5. The molecule has 156 valence electrons. The van der Waals surface area contributed by atoms with Crippen molar-refractivity contribution in [3.05, 3.63) is 74.8 Å². The molecule has 2 N–H and O–H groups in total. The molecule has 0 saturated heterocycles. The first-order valence-corrected chi connectivity index (χ1v) is 9.74. The number of para-hydroxylation sites is 1. The molecule has 0 spiro atoms. The minimum atomic E-state index is -0.389. The predicted molar refractivity (Wildman–Crippen MR) is 116 cm³/mol. The second-order valence-electron chi connectivity index (χ2n) is 7.00. The van der Waals surface area contributed by atoms with Gasteiger partial charge in [-0.25, -0.2) is 4.68 Å². The van der Waals surface area contributed by atoms with Gasteiger partial charge >= 0.3 is 0 Å². The van der Waals surface area contributed by atoms with Crippen LogP contribution >= 0.6 is 0 Å². The lowest BCUT2D eigenvalue weighted by Gasteiger charge is -2.18. The molecule has 2 amide bonds. The Labute approximate surface area is 173 Å². The van der Waals surface area contributed by atoms with E-state index in [2.05, 4.69) is 10.4 Å². The third-order valence-corrected chi connectivity index (χ3v) is 4.91. The van der Waals surface area contributed by atoms with E-state index in [1.165, 1.54) is 11.9 Å². The SMILES string of the molecule is CCc1ccccc1NC(=O)CN(C)C(=O)CCn1[nH]c(=O)c2ccccc2c1=O. The number of aryl methyl sites for hydroxylation is 2. The Morgan fingerprint density at radius 2 is 1.70 bits per heavy atom. The first-order valence-electron chi connectivity index (χ1n) is 9.74. The summed E-state index contributed by atoms with van der Waals surface area (Å²) in [6.07, 6.45) is 0.757. The van der Waals surface area contributed by atoms with E-state index in [4.69, 9.17) is 0 Å². The maximum absolute atomic E-state index is 12.5. The Hall–Kier alpha value is -3.68. The van der Waals surface area contributed by atoms with Crippen LogP contribution in [0.2, 0.25) is 0 Å². The molecular formula is C22H24N4O4. The molecule has 0 aliphatic carbocycles. The van der Waals surface area contributed by atoms with Crippen molar-refractivity contribution in [2.45, 2.75) is 26.3 Å². The Bertz CT molecular complexity index is 1200. The van der Waals surface area contributed by atoms with Gasteiger partial charge in [0.05, 0.1) is 23.9 Å². The molecule has 1 aromatic heterocycles. The molecule has 0 aliphatic heterocycles. The molecule has 0 aliphatic rings. The van der Waals surface area contributed by atoms with Crippen LogP contribution in [0, 0.1) is 0 Å². The van der Waals surface area contributed by atoms with Gasteiger partial charge in [0.2, 0.25) is 11.8 Å². The number of aromatic nitrogens is 2. The summed E-state index contributed by atoms with van der Waals surface area (Å²) in [7, 11) is 1.53. The van der Waals surface area contributed by atoms with Crippen molar-refractivity contribution in [2.24, 2.45) is 0 Å². The van der Waals surface area contributed by atoms with Gasteiger partial charge in [0.15, 0.2) is 0 Å². The largest absolute Gasteiger partial charge is 0.336 e. The Balaban J connectivity index is 1.62. The number of anilines is 1. The summed E-state index contributed by atoms with van der Waals surface area (Å²) < 4.78 is 1.13. The average molecular weight is 408 g/mol. The number of amides is 2. The molecule has 0 saturated carbocycles. The van der Waals surface area contributed by atoms with E-state index in [1.54, 1.807) is 24.3 Å². The molecule has 3 aromatic rings. The first kappa shape index (κ1) is 21.0. The third-order valence-electron chi connectivity index (χ3n) is 4.91. The van der Waals surface area contributed by atoms with Crippen molar-refractivity contribution in [1.29, 1.82) is 0 Å². The van der Waals surface area contributed by atoms with Crippen LogP contribution in [-0.2, 0) is 22.6 Å². The molecule has 0 radical (unpaired) electrons. The monoisotopic (exact) mass is 408 g/mol. The molecular weight excluding hydrogens is 384 g/mol. The predicted octanol–water partition coefficient (Wildman–Crippen LogP) is 1.74. The molecule has 0 bridgehead atoms. The normalized spacial score (nSPS) is 10.7. The Morgan fingerprint density at radius 3 is 2.43 bits per heavy atom. The van der Waals surface area contributed by atoms with Crippen LogP contribution in [0.1, 0.15) is 18.9 Å². The minimum absolute atomic E-state index is 0.0162. The number of rotatable bonds is 7. The highest BCUT2D eigenvalue weighted by Gasteiger charge is 2.15. The van der Waals surface area contributed by atoms with Gasteiger partial charge < -0.3 is 10.2 Å². The zero-order valence-electron chi connectivity index (χ0n) is 17.0. The summed E-state index contributed by atoms with van der Waals surface area (Å²) in [5, 5.41) is 5.93. The van der Waals surface area contributed by atoms with Gasteiger partial charge in [-0.15, -0.1) is 0 Å². The first-order chi connectivity index (χ1) is 14.4. The van der Waals surface area contributed by atoms with Crippen LogP contribution in [0.3, 0.4) is 0 Å². The number of fused-ring (bicyclic) bond motifs is 1. The number of nitrogens with zero attached hydrogens (tertiary/aromatic N) is 2. The van der Waals surface area contributed by atoms with E-state index < -0.39 is 0 Å². The van der Waals surface area contributed by atoms with Gasteiger partial charge in [0, 0.05) is 19.2 Å². The number of H-pyrrole nitrogens is 1. The number of aromatic amines is 1. The number of carbonyl (C=O) groups excluding carboxylic acids is 2. The van der Waals surface area contributed by atoms with Gasteiger partial charge in [-0.05, 0) is 30.2 Å². The van der Waals surface area contributed by atoms with Crippen LogP contribution in [0.25, 0.3) is 10.8 Å². The van der Waals surface area contributed by atoms with Crippen LogP contribution in [-0.4, -0.2) is 40.1 Å². The van der Waals surface area contributed by atoms with Gasteiger partial charge in [-0.2, -0.15) is 0 Å². The summed E-state index contributed by atoms with van der Waals surface area (Å²) in [5.41, 5.74) is 0.986. The number of likely N-dealkylation sites (N-methyl/N-ethyl adjacent to an activating group) is 1. The quantitative estimate of drug-likeness (QED) is 0.621. The van der Waals surface area contributed by atoms with Crippen molar-refractivity contribution in [2.75, 3.05) is 18.9 Å². The van der Waals surface area contributed by atoms with Crippen molar-refractivity contribution < 1.29 is 9.59 Å². The van der Waals surface area contributed by atoms with Crippen molar-refractivity contribution in [3.63, 3.8) is 0 Å². The van der Waals surface area contributed by atoms with Crippen LogP contribution < -0.4 is 16.4 Å². The van der Waals surface area contributed by atoms with E-state index in [-0.39, 0.29) is 42.4 Å². The highest BCUT2D eigenvalue weighted by molar-refractivity contribution is 5.95. The zero-order valence-corrected chi connectivity index (χ0v) is 17.0. The Morgan fingerprint density at radius 1 is 1.03 bits per heavy atom. The fourth-order valence-corrected chi connectivity index (χ4v) is 3.25. The Kier molecular flexibility index (Phi) is 6.46. The highest BCUT2D eigenvalue weighted by atomic mass is 16.2. The van der Waals surface area contributed by atoms with Gasteiger partial charge in [-0.3, -0.25) is 24.3 Å². The molecule has 1 heterocycles. The average Bonchev–Trinajstić information content (AvgIpc) is 2.75. The van der Waals surface area contributed by atoms with Crippen molar-refractivity contribution in [3.8, 4) is 0 Å². The number of benzene rings is 2. The van der Waals surface area contributed by atoms with E-state index >= 15 is 0 Å². The van der Waals surface area contributed by atoms with Crippen LogP contribution in [0.5, 0.6) is 0 Å². The smallest absolute Gasteiger partial charge is 0.273 e. The molecule has 2 aromatic carbocycles. The minimum Gasteiger partial charge on any atom is -0.336 e. The van der Waals surface area contributed by atoms with E-state index in [0.29, 0.717) is 10.8 Å². The number of hydrogen-bond acceptors (Lipinski definition) is 4. The van der Waals surface area contributed by atoms with Gasteiger partial charge in [-0.1, -0.05) is 37.3 Å². The van der Waals surface area contributed by atoms with Gasteiger partial charge in [0.1, 0.15) is 0 Å². The number of nitrogens with one attached hydrogen (secondary N) is 2. The van der Waals surface area contributed by atoms with Crippen LogP contribution in [0.4, 0.5) is 5.69 Å². The standard InChI is InChI=1S/C22H24N4O4/c1-3-15-8-4-7-11-18(15)23-19(27)14-25(2)20(28)12-13-26-22(30)17-10-6-5-9-16(17)21(29)24-26/h4-11H,3,12-14H2,1-2H3,(H,23,27)(H,24,29). The molecule has 30 heavy (non-hydrogen) atoms. The number of hydrogen-bond donors (Lipinski definition) is 2. The number of carbonyl (C=O) groups is 2. The maximum Gasteiger partial charge on any atom is 0.273 e. The topological polar surface area (TPSA) is 104 Å². The van der Waals surface area contributed by atoms with Crippen molar-refractivity contribution in [1.82, 2.24) is 14.7 Å². The molecule has 3 rings (SSSR count). The second-order valence-corrected chi connectivity index (χ2v) is 7.00. The van der Waals surface area contributed by atoms with Gasteiger partial charge in [0.25, 0.3) is 11.1 Å². The fourth-order valence-electron chi connectivity index (χ4n) is 3.25. The highest BCUT2D eigenvalue weighted by Crippen LogP contribution is 2.15. The molecule has 8 heteroatoms. The summed E-state index contributed by atoms with van der Waals surface area (Å²) in [6, 6.07) is 14.0. The molecule has 8 nitrogen and oxygen atoms in total. The molecule has 0 unspecified atom stereocenters. The fraction of sp³-hybridized carbons (Fsp3) is 0.273.